The Kier molecular flexibility index (Phi) is 5.08. The number of fused-ring (bicyclic) bond motifs is 1. The Morgan fingerprint density at radius 2 is 2.04 bits per heavy atom. The van der Waals surface area contributed by atoms with Crippen molar-refractivity contribution in [2.24, 2.45) is 12.8 Å². The van der Waals surface area contributed by atoms with E-state index in [2.05, 4.69) is 54.6 Å². The topological polar surface area (TPSA) is 34.2 Å². The van der Waals surface area contributed by atoms with E-state index in [1.807, 2.05) is 0 Å². The highest BCUT2D eigenvalue weighted by Crippen LogP contribution is 2.37. The second kappa shape index (κ2) is 7.06. The van der Waals surface area contributed by atoms with Crippen molar-refractivity contribution < 1.29 is 0 Å². The summed E-state index contributed by atoms with van der Waals surface area (Å²) >= 11 is 0. The van der Waals surface area contributed by atoms with Crippen molar-refractivity contribution in [3.8, 4) is 0 Å². The molecule has 0 radical (unpaired) electrons. The SMILES string of the molecule is CCCN1CCCCC1C(CN)c1c(C)n(C)c2ccccc12. The van der Waals surface area contributed by atoms with E-state index in [0.717, 1.165) is 6.54 Å². The van der Waals surface area contributed by atoms with Crippen LogP contribution in [0.1, 0.15) is 49.8 Å². The van der Waals surface area contributed by atoms with Gasteiger partial charge in [-0.3, -0.25) is 4.90 Å². The second-order valence-corrected chi connectivity index (χ2v) is 7.02. The third-order valence-electron chi connectivity index (χ3n) is 5.71. The maximum Gasteiger partial charge on any atom is 0.0482 e. The number of piperidine rings is 1. The van der Waals surface area contributed by atoms with Gasteiger partial charge in [-0.05, 0) is 50.9 Å². The van der Waals surface area contributed by atoms with Crippen LogP contribution in [0, 0.1) is 6.92 Å². The molecule has 1 aromatic heterocycles. The molecule has 2 atom stereocenters. The summed E-state index contributed by atoms with van der Waals surface area (Å²) in [5.41, 5.74) is 10.5. The van der Waals surface area contributed by atoms with Crippen molar-refractivity contribution >= 4 is 10.9 Å². The van der Waals surface area contributed by atoms with Gasteiger partial charge in [-0.2, -0.15) is 0 Å². The molecule has 126 valence electrons. The molecule has 0 spiro atoms. The van der Waals surface area contributed by atoms with Gasteiger partial charge in [0.15, 0.2) is 0 Å². The lowest BCUT2D eigenvalue weighted by Gasteiger charge is -2.40. The van der Waals surface area contributed by atoms with Crippen LogP contribution in [0.15, 0.2) is 24.3 Å². The molecule has 0 aliphatic carbocycles. The van der Waals surface area contributed by atoms with E-state index in [4.69, 9.17) is 5.73 Å². The zero-order valence-corrected chi connectivity index (χ0v) is 14.9. The largest absolute Gasteiger partial charge is 0.348 e. The smallest absolute Gasteiger partial charge is 0.0482 e. The minimum Gasteiger partial charge on any atom is -0.348 e. The van der Waals surface area contributed by atoms with Gasteiger partial charge in [0, 0.05) is 42.1 Å². The van der Waals surface area contributed by atoms with Crippen molar-refractivity contribution in [3.05, 3.63) is 35.5 Å². The van der Waals surface area contributed by atoms with Gasteiger partial charge >= 0.3 is 0 Å². The van der Waals surface area contributed by atoms with Crippen molar-refractivity contribution in [1.82, 2.24) is 9.47 Å². The number of hydrogen-bond acceptors (Lipinski definition) is 2. The van der Waals surface area contributed by atoms with Crippen LogP contribution in [0.25, 0.3) is 10.9 Å². The van der Waals surface area contributed by atoms with Crippen LogP contribution in [-0.2, 0) is 7.05 Å². The molecule has 2 N–H and O–H groups in total. The highest BCUT2D eigenvalue weighted by Gasteiger charge is 2.32. The van der Waals surface area contributed by atoms with Gasteiger partial charge < -0.3 is 10.3 Å². The fourth-order valence-electron chi connectivity index (χ4n) is 4.52. The van der Waals surface area contributed by atoms with E-state index in [0.29, 0.717) is 12.0 Å². The lowest BCUT2D eigenvalue weighted by atomic mass is 9.83. The van der Waals surface area contributed by atoms with Crippen LogP contribution in [0.4, 0.5) is 0 Å². The van der Waals surface area contributed by atoms with Crippen molar-refractivity contribution in [2.75, 3.05) is 19.6 Å². The quantitative estimate of drug-likeness (QED) is 0.911. The second-order valence-electron chi connectivity index (χ2n) is 7.02. The number of para-hydroxylation sites is 1. The van der Waals surface area contributed by atoms with E-state index in [9.17, 15) is 0 Å². The molecule has 1 aromatic carbocycles. The number of benzene rings is 1. The maximum atomic E-state index is 6.33. The summed E-state index contributed by atoms with van der Waals surface area (Å²) < 4.78 is 2.33. The fraction of sp³-hybridized carbons (Fsp3) is 0.600. The maximum absolute atomic E-state index is 6.33. The average molecular weight is 313 g/mol. The molecule has 1 aliphatic rings. The first kappa shape index (κ1) is 16.5. The molecular weight excluding hydrogens is 282 g/mol. The fourth-order valence-corrected chi connectivity index (χ4v) is 4.52. The molecule has 1 saturated heterocycles. The molecule has 3 heteroatoms. The first-order valence-corrected chi connectivity index (χ1v) is 9.17. The summed E-state index contributed by atoms with van der Waals surface area (Å²) in [7, 11) is 2.18. The van der Waals surface area contributed by atoms with E-state index in [1.165, 1.54) is 60.9 Å². The third-order valence-corrected chi connectivity index (χ3v) is 5.71. The van der Waals surface area contributed by atoms with Crippen LogP contribution in [0.3, 0.4) is 0 Å². The van der Waals surface area contributed by atoms with Gasteiger partial charge in [0.2, 0.25) is 0 Å². The molecule has 1 aliphatic heterocycles. The summed E-state index contributed by atoms with van der Waals surface area (Å²) in [4.78, 5) is 2.70. The predicted molar refractivity (Wildman–Crippen MR) is 99.0 cm³/mol. The number of aromatic nitrogens is 1. The molecule has 3 nitrogen and oxygen atoms in total. The Morgan fingerprint density at radius 3 is 2.78 bits per heavy atom. The van der Waals surface area contributed by atoms with Gasteiger partial charge in [-0.25, -0.2) is 0 Å². The predicted octanol–water partition coefficient (Wildman–Crippen LogP) is 3.79. The minimum absolute atomic E-state index is 0.438. The van der Waals surface area contributed by atoms with E-state index in [1.54, 1.807) is 0 Å². The molecule has 1 fully saturated rings. The van der Waals surface area contributed by atoms with Crippen molar-refractivity contribution in [3.63, 3.8) is 0 Å². The van der Waals surface area contributed by atoms with Gasteiger partial charge in [-0.1, -0.05) is 31.5 Å². The zero-order chi connectivity index (χ0) is 16.4. The van der Waals surface area contributed by atoms with Crippen LogP contribution < -0.4 is 5.73 Å². The Hall–Kier alpha value is -1.32. The van der Waals surface area contributed by atoms with E-state index < -0.39 is 0 Å². The Labute approximate surface area is 140 Å². The third kappa shape index (κ3) is 2.92. The van der Waals surface area contributed by atoms with Gasteiger partial charge in [0.05, 0.1) is 0 Å². The van der Waals surface area contributed by atoms with Crippen LogP contribution in [0.5, 0.6) is 0 Å². The molecule has 2 unspecified atom stereocenters. The molecular formula is C20H31N3. The Balaban J connectivity index is 2.05. The Bertz CT molecular complexity index is 656. The van der Waals surface area contributed by atoms with Crippen LogP contribution in [0.2, 0.25) is 0 Å². The summed E-state index contributed by atoms with van der Waals surface area (Å²) in [6.45, 7) is 7.71. The number of likely N-dealkylation sites (tertiary alicyclic amines) is 1. The molecule has 0 bridgehead atoms. The van der Waals surface area contributed by atoms with E-state index >= 15 is 0 Å². The lowest BCUT2D eigenvalue weighted by Crippen LogP contribution is -2.45. The summed E-state index contributed by atoms with van der Waals surface area (Å²) in [5, 5.41) is 1.39. The highest BCUT2D eigenvalue weighted by atomic mass is 15.2. The zero-order valence-electron chi connectivity index (χ0n) is 14.9. The Morgan fingerprint density at radius 1 is 1.26 bits per heavy atom. The highest BCUT2D eigenvalue weighted by molar-refractivity contribution is 5.86. The number of nitrogens with two attached hydrogens (primary N) is 1. The lowest BCUT2D eigenvalue weighted by molar-refractivity contribution is 0.127. The number of hydrogen-bond donors (Lipinski definition) is 1. The molecule has 2 aromatic rings. The number of rotatable bonds is 5. The van der Waals surface area contributed by atoms with Crippen molar-refractivity contribution in [2.45, 2.75) is 51.5 Å². The first-order chi connectivity index (χ1) is 11.2. The standard InChI is InChI=1S/C20H31N3/c1-4-12-23-13-8-7-11-19(23)17(14-21)20-15(2)22(3)18-10-6-5-9-16(18)20/h5-6,9-10,17,19H,4,7-8,11-14,21H2,1-3H3. The number of nitrogens with zero attached hydrogens (tertiary/aromatic N) is 2. The van der Waals surface area contributed by atoms with Gasteiger partial charge in [-0.15, -0.1) is 0 Å². The summed E-state index contributed by atoms with van der Waals surface area (Å²) in [6, 6.07) is 9.38. The van der Waals surface area contributed by atoms with Crippen molar-refractivity contribution in [1.29, 1.82) is 0 Å². The molecule has 2 heterocycles. The van der Waals surface area contributed by atoms with Crippen LogP contribution in [-0.4, -0.2) is 35.1 Å². The summed E-state index contributed by atoms with van der Waals surface area (Å²) in [6.07, 6.45) is 5.18. The van der Waals surface area contributed by atoms with Gasteiger partial charge in [0.25, 0.3) is 0 Å². The monoisotopic (exact) mass is 313 g/mol. The average Bonchev–Trinajstić information content (AvgIpc) is 2.83. The molecule has 0 saturated carbocycles. The van der Waals surface area contributed by atoms with Gasteiger partial charge in [0.1, 0.15) is 0 Å². The summed E-state index contributed by atoms with van der Waals surface area (Å²) in [5.74, 6) is 0.438. The first-order valence-electron chi connectivity index (χ1n) is 9.17. The molecule has 3 rings (SSSR count). The van der Waals surface area contributed by atoms with E-state index in [-0.39, 0.29) is 0 Å². The normalized spacial score (nSPS) is 21.0. The van der Waals surface area contributed by atoms with Crippen LogP contribution >= 0.6 is 0 Å². The molecule has 23 heavy (non-hydrogen) atoms. The molecule has 0 amide bonds. The minimum atomic E-state index is 0.438. The number of aryl methyl sites for hydroxylation is 1.